The molecule has 0 saturated heterocycles. The molecule has 0 bridgehead atoms. The first-order chi connectivity index (χ1) is 4.06. The number of rotatable bonds is 3. The van der Waals surface area contributed by atoms with Crippen molar-refractivity contribution in [1.29, 1.82) is 0 Å². The molecule has 0 aromatic heterocycles. The van der Waals surface area contributed by atoms with Crippen molar-refractivity contribution in [2.45, 2.75) is 26.4 Å². The average molecular weight is 152 g/mol. The minimum absolute atomic E-state index is 0.0479. The molecule has 0 fully saturated rings. The highest BCUT2D eigenvalue weighted by atomic mass is 35.5. The van der Waals surface area contributed by atoms with Crippen LogP contribution in [0, 0.1) is 0 Å². The lowest BCUT2D eigenvalue weighted by atomic mass is 10.2. The van der Waals surface area contributed by atoms with E-state index in [9.17, 15) is 0 Å². The molecular formula is C6H14ClNO. The minimum atomic E-state index is -0.0479. The monoisotopic (exact) mass is 151 g/mol. The normalized spacial score (nSPS) is 12.0. The minimum Gasteiger partial charge on any atom is -0.374 e. The summed E-state index contributed by atoms with van der Waals surface area (Å²) in [6, 6.07) is 0. The van der Waals surface area contributed by atoms with Crippen LogP contribution >= 0.6 is 11.8 Å². The molecule has 0 saturated carbocycles. The van der Waals surface area contributed by atoms with E-state index in [1.165, 1.54) is 0 Å². The zero-order valence-corrected chi connectivity index (χ0v) is 6.96. The summed E-state index contributed by atoms with van der Waals surface area (Å²) < 4.78 is 5.32. The summed E-state index contributed by atoms with van der Waals surface area (Å²) >= 11 is 5.20. The number of ether oxygens (including phenoxy) is 1. The van der Waals surface area contributed by atoms with Crippen molar-refractivity contribution in [3.63, 3.8) is 0 Å². The lowest BCUT2D eigenvalue weighted by Gasteiger charge is -2.18. The second-order valence-electron chi connectivity index (χ2n) is 2.84. The average Bonchev–Trinajstić information content (AvgIpc) is 1.63. The van der Waals surface area contributed by atoms with E-state index in [0.29, 0.717) is 13.2 Å². The van der Waals surface area contributed by atoms with Crippen molar-refractivity contribution in [3.05, 3.63) is 0 Å². The zero-order valence-electron chi connectivity index (χ0n) is 6.20. The number of hydrogen-bond acceptors (Lipinski definition) is 2. The van der Waals surface area contributed by atoms with Gasteiger partial charge in [0.05, 0.1) is 12.2 Å². The Morgan fingerprint density at radius 3 is 2.33 bits per heavy atom. The zero-order chi connectivity index (χ0) is 7.33. The Bertz CT molecular complexity index is 69.9. The lowest BCUT2D eigenvalue weighted by molar-refractivity contribution is 0.000854. The van der Waals surface area contributed by atoms with Gasteiger partial charge in [0.1, 0.15) is 0 Å². The van der Waals surface area contributed by atoms with Crippen LogP contribution in [0.5, 0.6) is 0 Å². The Balaban J connectivity index is 3.07. The highest BCUT2D eigenvalue weighted by Crippen LogP contribution is 2.04. The van der Waals surface area contributed by atoms with E-state index >= 15 is 0 Å². The summed E-state index contributed by atoms with van der Waals surface area (Å²) in [4.78, 5) is 2.49. The molecule has 0 rings (SSSR count). The highest BCUT2D eigenvalue weighted by molar-refractivity contribution is 6.13. The van der Waals surface area contributed by atoms with Crippen LogP contribution in [0.1, 0.15) is 20.8 Å². The SMILES string of the molecule is CC(C)(C)OCCNCl. The van der Waals surface area contributed by atoms with Crippen LogP contribution in [0.15, 0.2) is 0 Å². The van der Waals surface area contributed by atoms with Crippen LogP contribution in [0.2, 0.25) is 0 Å². The van der Waals surface area contributed by atoms with E-state index in [-0.39, 0.29) is 5.60 Å². The molecule has 0 atom stereocenters. The quantitative estimate of drug-likeness (QED) is 0.488. The van der Waals surface area contributed by atoms with Crippen LogP contribution < -0.4 is 4.84 Å². The van der Waals surface area contributed by atoms with Crippen LogP contribution in [0.3, 0.4) is 0 Å². The molecule has 0 aliphatic heterocycles. The first kappa shape index (κ1) is 9.21. The van der Waals surface area contributed by atoms with Gasteiger partial charge in [-0.05, 0) is 32.5 Å². The topological polar surface area (TPSA) is 21.3 Å². The molecule has 0 heterocycles. The summed E-state index contributed by atoms with van der Waals surface area (Å²) in [5.74, 6) is 0. The second kappa shape index (κ2) is 4.09. The van der Waals surface area contributed by atoms with Gasteiger partial charge in [-0.1, -0.05) is 0 Å². The molecule has 3 heteroatoms. The molecule has 0 aromatic rings. The van der Waals surface area contributed by atoms with Crippen LogP contribution in [0.25, 0.3) is 0 Å². The largest absolute Gasteiger partial charge is 0.374 e. The van der Waals surface area contributed by atoms with Gasteiger partial charge in [0, 0.05) is 6.54 Å². The Morgan fingerprint density at radius 2 is 2.00 bits per heavy atom. The molecule has 0 spiro atoms. The summed E-state index contributed by atoms with van der Waals surface area (Å²) in [6.07, 6.45) is 0. The van der Waals surface area contributed by atoms with Crippen molar-refractivity contribution < 1.29 is 4.74 Å². The molecule has 0 aliphatic rings. The molecule has 0 radical (unpaired) electrons. The summed E-state index contributed by atoms with van der Waals surface area (Å²) in [7, 11) is 0. The third-order valence-electron chi connectivity index (χ3n) is 0.732. The van der Waals surface area contributed by atoms with Crippen LogP contribution in [-0.2, 0) is 4.74 Å². The van der Waals surface area contributed by atoms with Crippen molar-refractivity contribution >= 4 is 11.8 Å². The Hall–Kier alpha value is 0.210. The fraction of sp³-hybridized carbons (Fsp3) is 1.00. The Kier molecular flexibility index (Phi) is 4.19. The number of halogens is 1. The first-order valence-electron chi connectivity index (χ1n) is 3.04. The van der Waals surface area contributed by atoms with Crippen molar-refractivity contribution in [1.82, 2.24) is 4.84 Å². The fourth-order valence-corrected chi connectivity index (χ4v) is 0.473. The van der Waals surface area contributed by atoms with Gasteiger partial charge in [-0.3, -0.25) is 0 Å². The number of nitrogens with one attached hydrogen (secondary N) is 1. The Labute approximate surface area is 61.6 Å². The highest BCUT2D eigenvalue weighted by Gasteiger charge is 2.08. The standard InChI is InChI=1S/C6H14ClNO/c1-6(2,3)9-5-4-8-7/h8H,4-5H2,1-3H3. The van der Waals surface area contributed by atoms with Gasteiger partial charge in [-0.15, -0.1) is 0 Å². The third-order valence-corrected chi connectivity index (χ3v) is 0.921. The molecular weight excluding hydrogens is 138 g/mol. The van der Waals surface area contributed by atoms with Crippen molar-refractivity contribution in [2.24, 2.45) is 0 Å². The van der Waals surface area contributed by atoms with Gasteiger partial charge in [0.25, 0.3) is 0 Å². The third kappa shape index (κ3) is 8.21. The van der Waals surface area contributed by atoms with E-state index in [4.69, 9.17) is 16.5 Å². The smallest absolute Gasteiger partial charge is 0.0611 e. The van der Waals surface area contributed by atoms with Crippen LogP contribution in [-0.4, -0.2) is 18.8 Å². The van der Waals surface area contributed by atoms with Gasteiger partial charge in [-0.2, -0.15) is 0 Å². The van der Waals surface area contributed by atoms with Crippen LogP contribution in [0.4, 0.5) is 0 Å². The fourth-order valence-electron chi connectivity index (χ4n) is 0.396. The van der Waals surface area contributed by atoms with Crippen molar-refractivity contribution in [3.8, 4) is 0 Å². The molecule has 56 valence electrons. The molecule has 2 nitrogen and oxygen atoms in total. The molecule has 1 N–H and O–H groups in total. The van der Waals surface area contributed by atoms with Gasteiger partial charge in [0.15, 0.2) is 0 Å². The van der Waals surface area contributed by atoms with Gasteiger partial charge >= 0.3 is 0 Å². The lowest BCUT2D eigenvalue weighted by Crippen LogP contribution is -2.23. The summed E-state index contributed by atoms with van der Waals surface area (Å²) in [5, 5.41) is 0. The maximum Gasteiger partial charge on any atom is 0.0611 e. The van der Waals surface area contributed by atoms with E-state index in [1.54, 1.807) is 0 Å². The van der Waals surface area contributed by atoms with Gasteiger partial charge < -0.3 is 4.74 Å². The van der Waals surface area contributed by atoms with E-state index < -0.39 is 0 Å². The Morgan fingerprint density at radius 1 is 1.44 bits per heavy atom. The molecule has 0 aromatic carbocycles. The summed E-state index contributed by atoms with van der Waals surface area (Å²) in [6.45, 7) is 7.40. The van der Waals surface area contributed by atoms with E-state index in [1.807, 2.05) is 20.8 Å². The molecule has 0 aliphatic carbocycles. The number of hydrogen-bond donors (Lipinski definition) is 1. The van der Waals surface area contributed by atoms with Gasteiger partial charge in [0.2, 0.25) is 0 Å². The molecule has 0 amide bonds. The summed E-state index contributed by atoms with van der Waals surface area (Å²) in [5.41, 5.74) is -0.0479. The predicted molar refractivity (Wildman–Crippen MR) is 39.6 cm³/mol. The first-order valence-corrected chi connectivity index (χ1v) is 3.41. The van der Waals surface area contributed by atoms with E-state index in [0.717, 1.165) is 0 Å². The molecule has 9 heavy (non-hydrogen) atoms. The second-order valence-corrected chi connectivity index (χ2v) is 3.11. The molecule has 0 unspecified atom stereocenters. The van der Waals surface area contributed by atoms with Crippen molar-refractivity contribution in [2.75, 3.05) is 13.2 Å². The predicted octanol–water partition coefficient (Wildman–Crippen LogP) is 1.54. The maximum absolute atomic E-state index is 5.32. The van der Waals surface area contributed by atoms with E-state index in [2.05, 4.69) is 4.84 Å². The van der Waals surface area contributed by atoms with Gasteiger partial charge in [-0.25, -0.2) is 4.84 Å². The maximum atomic E-state index is 5.32.